The molecule has 0 radical (unpaired) electrons. The van der Waals surface area contributed by atoms with Crippen molar-refractivity contribution in [2.24, 2.45) is 11.8 Å². The maximum atomic E-state index is 13.2. The zero-order valence-corrected chi connectivity index (χ0v) is 22.7. The highest BCUT2D eigenvalue weighted by Gasteiger charge is 2.33. The summed E-state index contributed by atoms with van der Waals surface area (Å²) in [6, 6.07) is 20.6. The van der Waals surface area contributed by atoms with Crippen LogP contribution in [-0.2, 0) is 23.9 Å². The Kier molecular flexibility index (Phi) is 9.93. The van der Waals surface area contributed by atoms with Crippen LogP contribution in [0.2, 0.25) is 0 Å². The van der Waals surface area contributed by atoms with Crippen molar-refractivity contribution < 1.29 is 32.2 Å². The molecule has 1 heterocycles. The second-order valence-corrected chi connectivity index (χ2v) is 10.0. The zero-order chi connectivity index (χ0) is 28.5. The lowest BCUT2D eigenvalue weighted by molar-refractivity contribution is -0.137. The van der Waals surface area contributed by atoms with Crippen molar-refractivity contribution >= 4 is 5.91 Å². The maximum Gasteiger partial charge on any atom is 0.416 e. The number of alkyl halides is 3. The number of likely N-dealkylation sites (tertiary alicyclic amines) is 1. The van der Waals surface area contributed by atoms with E-state index in [0.29, 0.717) is 44.1 Å². The molecule has 1 aliphatic heterocycles. The molecule has 0 saturated carbocycles. The molecule has 214 valence electrons. The minimum Gasteiger partial charge on any atom is -0.493 e. The number of benzene rings is 3. The van der Waals surface area contributed by atoms with Gasteiger partial charge in [0.15, 0.2) is 11.5 Å². The van der Waals surface area contributed by atoms with Crippen molar-refractivity contribution in [2.45, 2.75) is 25.6 Å². The summed E-state index contributed by atoms with van der Waals surface area (Å²) in [7, 11) is 3.16. The molecule has 1 fully saturated rings. The van der Waals surface area contributed by atoms with E-state index in [-0.39, 0.29) is 30.1 Å². The second kappa shape index (κ2) is 13.6. The van der Waals surface area contributed by atoms with Crippen molar-refractivity contribution in [3.8, 4) is 17.2 Å². The molecule has 40 heavy (non-hydrogen) atoms. The Morgan fingerprint density at radius 1 is 0.925 bits per heavy atom. The highest BCUT2D eigenvalue weighted by molar-refractivity contribution is 5.79. The van der Waals surface area contributed by atoms with E-state index in [2.05, 4.69) is 10.2 Å². The molecule has 3 aromatic rings. The third-order valence-electron chi connectivity index (χ3n) is 7.04. The monoisotopic (exact) mass is 556 g/mol. The lowest BCUT2D eigenvalue weighted by Gasteiger charge is -2.37. The minimum absolute atomic E-state index is 0.0305. The highest BCUT2D eigenvalue weighted by atomic mass is 19.4. The van der Waals surface area contributed by atoms with E-state index in [0.717, 1.165) is 29.7 Å². The first-order valence-electron chi connectivity index (χ1n) is 13.3. The molecule has 0 spiro atoms. The largest absolute Gasteiger partial charge is 0.493 e. The van der Waals surface area contributed by atoms with Crippen LogP contribution < -0.4 is 19.5 Å². The Morgan fingerprint density at radius 3 is 2.42 bits per heavy atom. The molecule has 3 aromatic carbocycles. The molecule has 0 aliphatic carbocycles. The summed E-state index contributed by atoms with van der Waals surface area (Å²) in [6.07, 6.45) is -3.13. The fraction of sp³-hybridized carbons (Fsp3) is 0.387. The smallest absolute Gasteiger partial charge is 0.416 e. The number of methoxy groups -OCH3 is 2. The number of ether oxygens (including phenoxy) is 3. The van der Waals surface area contributed by atoms with Gasteiger partial charge in [0.2, 0.25) is 5.91 Å². The number of piperidine rings is 1. The number of nitrogens with zero attached hydrogens (tertiary/aromatic N) is 1. The molecule has 1 amide bonds. The number of nitrogens with one attached hydrogen (secondary N) is 1. The summed E-state index contributed by atoms with van der Waals surface area (Å²) in [5, 5.41) is 3.07. The molecule has 0 bridgehead atoms. The van der Waals surface area contributed by atoms with Crippen LogP contribution in [-0.4, -0.2) is 51.3 Å². The summed E-state index contributed by atoms with van der Waals surface area (Å²) in [5.74, 6) is 1.06. The summed E-state index contributed by atoms with van der Waals surface area (Å²) >= 11 is 0. The Labute approximate surface area is 233 Å². The van der Waals surface area contributed by atoms with E-state index >= 15 is 0 Å². The van der Waals surface area contributed by atoms with Gasteiger partial charge < -0.3 is 19.5 Å². The van der Waals surface area contributed by atoms with E-state index in [1.54, 1.807) is 14.2 Å². The molecule has 0 unspecified atom stereocenters. The standard InChI is InChI=1S/C31H35F3N2O4/c1-38-28-12-11-23(16-29(28)39-2)18-36-19-24(21-40-27-10-6-9-26(17-27)31(32,33)34)15-25(20-36)30(37)35-14-13-22-7-4-3-5-8-22/h3-12,16-17,24-25H,13-15,18-21H2,1-2H3,(H,35,37)/t24-,25+/m0/s1. The molecule has 9 heteroatoms. The van der Waals surface area contributed by atoms with Gasteiger partial charge in [-0.05, 0) is 54.3 Å². The van der Waals surface area contributed by atoms with Gasteiger partial charge in [-0.1, -0.05) is 42.5 Å². The Bertz CT molecular complexity index is 1250. The van der Waals surface area contributed by atoms with Crippen molar-refractivity contribution in [2.75, 3.05) is 40.5 Å². The van der Waals surface area contributed by atoms with E-state index in [9.17, 15) is 18.0 Å². The maximum absolute atomic E-state index is 13.2. The number of carbonyl (C=O) groups is 1. The topological polar surface area (TPSA) is 60.0 Å². The van der Waals surface area contributed by atoms with Crippen LogP contribution in [0.1, 0.15) is 23.1 Å². The van der Waals surface area contributed by atoms with E-state index in [1.807, 2.05) is 48.5 Å². The SMILES string of the molecule is COc1ccc(CN2C[C@@H](COc3cccc(C(F)(F)F)c3)C[C@@H](C(=O)NCCc3ccccc3)C2)cc1OC. The van der Waals surface area contributed by atoms with E-state index in [1.165, 1.54) is 12.1 Å². The van der Waals surface area contributed by atoms with Gasteiger partial charge in [0.05, 0.1) is 32.3 Å². The zero-order valence-electron chi connectivity index (χ0n) is 22.7. The van der Waals surface area contributed by atoms with Gasteiger partial charge in [-0.2, -0.15) is 13.2 Å². The fourth-order valence-electron chi connectivity index (χ4n) is 5.08. The van der Waals surface area contributed by atoms with Gasteiger partial charge in [0, 0.05) is 32.1 Å². The van der Waals surface area contributed by atoms with Gasteiger partial charge in [-0.3, -0.25) is 9.69 Å². The molecular weight excluding hydrogens is 521 g/mol. The van der Waals surface area contributed by atoms with Gasteiger partial charge in [-0.25, -0.2) is 0 Å². The normalized spacial score (nSPS) is 17.7. The average molecular weight is 557 g/mol. The van der Waals surface area contributed by atoms with Crippen LogP contribution in [0.25, 0.3) is 0 Å². The molecule has 6 nitrogen and oxygen atoms in total. The van der Waals surface area contributed by atoms with Crippen LogP contribution in [0, 0.1) is 11.8 Å². The van der Waals surface area contributed by atoms with Crippen LogP contribution in [0.3, 0.4) is 0 Å². The first kappa shape index (κ1) is 29.3. The summed E-state index contributed by atoms with van der Waals surface area (Å²) in [6.45, 7) is 2.51. The number of hydrogen-bond acceptors (Lipinski definition) is 5. The predicted octanol–water partition coefficient (Wildman–Crippen LogP) is 5.60. The number of carbonyl (C=O) groups excluding carboxylic acids is 1. The van der Waals surface area contributed by atoms with Gasteiger partial charge in [0.1, 0.15) is 5.75 Å². The van der Waals surface area contributed by atoms with Crippen molar-refractivity contribution in [1.29, 1.82) is 0 Å². The minimum atomic E-state index is -4.44. The number of halogens is 3. The van der Waals surface area contributed by atoms with Crippen LogP contribution in [0.5, 0.6) is 17.2 Å². The molecule has 0 aromatic heterocycles. The molecule has 1 saturated heterocycles. The third kappa shape index (κ3) is 8.14. The van der Waals surface area contributed by atoms with Gasteiger partial charge in [0.25, 0.3) is 0 Å². The highest BCUT2D eigenvalue weighted by Crippen LogP contribution is 2.32. The lowest BCUT2D eigenvalue weighted by atomic mass is 9.88. The molecular formula is C31H35F3N2O4. The van der Waals surface area contributed by atoms with Crippen molar-refractivity contribution in [3.05, 3.63) is 89.5 Å². The van der Waals surface area contributed by atoms with E-state index in [4.69, 9.17) is 14.2 Å². The third-order valence-corrected chi connectivity index (χ3v) is 7.04. The van der Waals surface area contributed by atoms with Gasteiger partial charge >= 0.3 is 6.18 Å². The first-order valence-corrected chi connectivity index (χ1v) is 13.3. The van der Waals surface area contributed by atoms with E-state index < -0.39 is 11.7 Å². The lowest BCUT2D eigenvalue weighted by Crippen LogP contribution is -2.47. The van der Waals surface area contributed by atoms with Crippen molar-refractivity contribution in [3.63, 3.8) is 0 Å². The van der Waals surface area contributed by atoms with Crippen molar-refractivity contribution in [1.82, 2.24) is 10.2 Å². The van der Waals surface area contributed by atoms with Crippen LogP contribution in [0.15, 0.2) is 72.8 Å². The molecule has 4 rings (SSSR count). The quantitative estimate of drug-likeness (QED) is 0.333. The average Bonchev–Trinajstić information content (AvgIpc) is 2.96. The summed E-state index contributed by atoms with van der Waals surface area (Å²) < 4.78 is 56.0. The van der Waals surface area contributed by atoms with Crippen LogP contribution in [0.4, 0.5) is 13.2 Å². The Morgan fingerprint density at radius 2 is 1.70 bits per heavy atom. The number of hydrogen-bond donors (Lipinski definition) is 1. The fourth-order valence-corrected chi connectivity index (χ4v) is 5.08. The van der Waals surface area contributed by atoms with Crippen LogP contribution >= 0.6 is 0 Å². The van der Waals surface area contributed by atoms with Gasteiger partial charge in [-0.15, -0.1) is 0 Å². The Hall–Kier alpha value is -3.72. The summed E-state index contributed by atoms with van der Waals surface area (Å²) in [5.41, 5.74) is 1.40. The number of rotatable bonds is 11. The second-order valence-electron chi connectivity index (χ2n) is 10.0. The first-order chi connectivity index (χ1) is 19.2. The number of amides is 1. The predicted molar refractivity (Wildman–Crippen MR) is 147 cm³/mol. The molecule has 2 atom stereocenters. The summed E-state index contributed by atoms with van der Waals surface area (Å²) in [4.78, 5) is 15.4. The Balaban J connectivity index is 1.43. The molecule has 1 N–H and O–H groups in total. The molecule has 1 aliphatic rings.